The molecule has 0 bridgehead atoms. The van der Waals surface area contributed by atoms with Gasteiger partial charge in [-0.1, -0.05) is 406 Å². The zero-order valence-electron chi connectivity index (χ0n) is 79.2. The predicted octanol–water partition coefficient (Wildman–Crippen LogP) is 35.2. The third kappa shape index (κ3) is 18.5. The van der Waals surface area contributed by atoms with Crippen LogP contribution in [0.15, 0.2) is 485 Å². The molecule has 0 atom stereocenters. The molecule has 0 saturated carbocycles. The minimum Gasteiger partial charge on any atom is -0.309 e. The van der Waals surface area contributed by atoms with Gasteiger partial charge in [0.15, 0.2) is 0 Å². The summed E-state index contributed by atoms with van der Waals surface area (Å²) in [6.45, 7) is 15.9. The number of para-hydroxylation sites is 6. The number of hydrogen-bond acceptors (Lipinski definition) is 0. The van der Waals surface area contributed by atoms with Crippen molar-refractivity contribution in [3.8, 4) is 67.3 Å². The second kappa shape index (κ2) is 38.5. The molecule has 0 fully saturated rings. The molecule has 4 aromatic heterocycles. The Morgan fingerprint density at radius 1 is 0.188 bits per heavy atom. The standard InChI is InChI=1S/2C35H31N.C32H25N.C31H22FN/c1-35(2,3)31-14-8-10-16-34(31)36-32-15-9-7-13-29(32)30-24-28(21-22-33(30)36)27-19-17-26(18-20-27)23-25-11-5-4-6-12-25;1-35(2,3)29-12-9-13-30(24-29)36-33-15-8-7-14-31(33)32-23-28(20-21-34(32)36)27-18-16-26(17-19-27)22-25-10-5-4-6-11-25;1-23-9-5-7-13-30(23)33-31-14-8-6-12-28(31)29-22-27(19-20-32(29)33)26-17-15-25(16-18-26)21-24-10-3-2-4-11-24;32-26-15-17-27(18-16-26)33-30-9-5-4-8-28(30)29-21-25(14-19-31(29)33)24-12-10-23(11-13-24)20-22-6-2-1-3-7-22/h4-22,24H,23H2,1-3H3;4-21,23-24H,22H2,1-3H3;2-20,22H,21H2,1H3;1-19,21H,20H2. The van der Waals surface area contributed by atoms with E-state index in [1.54, 1.807) is 0 Å². The van der Waals surface area contributed by atoms with E-state index < -0.39 is 0 Å². The summed E-state index contributed by atoms with van der Waals surface area (Å²) in [7, 11) is 0. The zero-order chi connectivity index (χ0) is 93.8. The highest BCUT2D eigenvalue weighted by Gasteiger charge is 2.25. The van der Waals surface area contributed by atoms with Gasteiger partial charge >= 0.3 is 0 Å². The third-order valence-electron chi connectivity index (χ3n) is 27.2. The quantitative estimate of drug-likeness (QED) is 0.0919. The van der Waals surface area contributed by atoms with Crippen LogP contribution in [0, 0.1) is 12.7 Å². The van der Waals surface area contributed by atoms with E-state index >= 15 is 0 Å². The van der Waals surface area contributed by atoms with E-state index in [-0.39, 0.29) is 16.6 Å². The average molecular weight is 1780 g/mol. The lowest BCUT2D eigenvalue weighted by atomic mass is 9.85. The lowest BCUT2D eigenvalue weighted by Crippen LogP contribution is -2.15. The molecule has 4 heterocycles. The molecule has 0 unspecified atom stereocenters. The third-order valence-corrected chi connectivity index (χ3v) is 27.2. The maximum atomic E-state index is 13.5. The van der Waals surface area contributed by atoms with Crippen LogP contribution in [-0.4, -0.2) is 18.3 Å². The van der Waals surface area contributed by atoms with Crippen LogP contribution in [-0.2, 0) is 36.5 Å². The van der Waals surface area contributed by atoms with Crippen molar-refractivity contribution in [3.63, 3.8) is 0 Å². The van der Waals surface area contributed by atoms with Crippen molar-refractivity contribution < 1.29 is 4.39 Å². The summed E-state index contributed by atoms with van der Waals surface area (Å²) < 4.78 is 23.0. The van der Waals surface area contributed by atoms with Crippen LogP contribution in [0.4, 0.5) is 4.39 Å². The first kappa shape index (κ1) is 88.1. The molecule has 0 saturated heterocycles. The van der Waals surface area contributed by atoms with E-state index in [0.29, 0.717) is 0 Å². The van der Waals surface area contributed by atoms with Gasteiger partial charge in [0.25, 0.3) is 0 Å². The molecule has 0 aliphatic rings. The highest BCUT2D eigenvalue weighted by molar-refractivity contribution is 6.14. The van der Waals surface area contributed by atoms with Gasteiger partial charge in [0.05, 0.1) is 44.1 Å². The molecule has 0 aliphatic heterocycles. The van der Waals surface area contributed by atoms with Crippen molar-refractivity contribution in [3.05, 3.63) is 552 Å². The first-order chi connectivity index (χ1) is 67.5. The van der Waals surface area contributed by atoms with Gasteiger partial charge in [-0.3, -0.25) is 0 Å². The lowest BCUT2D eigenvalue weighted by molar-refractivity contribution is 0.587. The Bertz CT molecular complexity index is 8460. The fraction of sp³-hybridized carbons (Fsp3) is 0.0977. The van der Waals surface area contributed by atoms with Gasteiger partial charge < -0.3 is 18.3 Å². The number of halogens is 1. The Hall–Kier alpha value is -16.5. The van der Waals surface area contributed by atoms with Crippen molar-refractivity contribution in [1.82, 2.24) is 18.3 Å². The summed E-state index contributed by atoms with van der Waals surface area (Å²) in [5.41, 5.74) is 39.1. The Morgan fingerprint density at radius 3 is 0.797 bits per heavy atom. The number of hydrogen-bond donors (Lipinski definition) is 0. The van der Waals surface area contributed by atoms with E-state index in [9.17, 15) is 4.39 Å². The molecule has 0 aliphatic carbocycles. The van der Waals surface area contributed by atoms with Crippen LogP contribution in [0.5, 0.6) is 0 Å². The minimum absolute atomic E-state index is 0.0513. The van der Waals surface area contributed by atoms with Crippen LogP contribution in [0.25, 0.3) is 154 Å². The number of fused-ring (bicyclic) bond motifs is 12. The maximum absolute atomic E-state index is 13.5. The topological polar surface area (TPSA) is 19.7 Å². The Balaban J connectivity index is 0.000000110. The van der Waals surface area contributed by atoms with Gasteiger partial charge in [0.2, 0.25) is 0 Å². The molecular weight excluding hydrogens is 1670 g/mol. The van der Waals surface area contributed by atoms with Crippen LogP contribution >= 0.6 is 0 Å². The second-order valence-corrected chi connectivity index (χ2v) is 38.6. The fourth-order valence-electron chi connectivity index (χ4n) is 20.1. The smallest absolute Gasteiger partial charge is 0.123 e. The zero-order valence-corrected chi connectivity index (χ0v) is 79.2. The van der Waals surface area contributed by atoms with Gasteiger partial charge in [0.1, 0.15) is 5.82 Å². The summed E-state index contributed by atoms with van der Waals surface area (Å²) in [6.07, 6.45) is 3.82. The summed E-state index contributed by atoms with van der Waals surface area (Å²) in [4.78, 5) is 0. The molecule has 0 N–H and O–H groups in total. The van der Waals surface area contributed by atoms with Gasteiger partial charge in [-0.05, 0) is 270 Å². The molecule has 138 heavy (non-hydrogen) atoms. The number of aromatic nitrogens is 4. The summed E-state index contributed by atoms with van der Waals surface area (Å²) >= 11 is 0. The molecule has 20 aromatic carbocycles. The summed E-state index contributed by atoms with van der Waals surface area (Å²) in [6, 6.07) is 174. The SMILES string of the molecule is CC(C)(C)c1cccc(-n2c3ccccc3c3cc(-c4ccc(Cc5ccccc5)cc4)ccc32)c1.CC(C)(C)c1ccccc1-n1c2ccccc2c2cc(-c3ccc(Cc4ccccc4)cc3)ccc21.Cc1ccccc1-n1c2ccccc2c2cc(-c3ccc(Cc4ccccc4)cc3)ccc21.Fc1ccc(-n2c3ccccc3c3cc(-c4ccc(Cc5ccccc5)cc4)ccc32)cc1. The normalized spacial score (nSPS) is 11.6. The van der Waals surface area contributed by atoms with Crippen LogP contribution in [0.3, 0.4) is 0 Å². The van der Waals surface area contributed by atoms with E-state index in [2.05, 4.69) is 522 Å². The molecule has 0 spiro atoms. The molecule has 0 radical (unpaired) electrons. The molecule has 24 rings (SSSR count). The van der Waals surface area contributed by atoms with Crippen molar-refractivity contribution in [2.45, 2.75) is 85.0 Å². The van der Waals surface area contributed by atoms with Crippen molar-refractivity contribution in [2.75, 3.05) is 0 Å². The second-order valence-electron chi connectivity index (χ2n) is 38.6. The number of aryl methyl sites for hydroxylation is 1. The Morgan fingerprint density at radius 2 is 0.457 bits per heavy atom. The largest absolute Gasteiger partial charge is 0.309 e. The molecular formula is C133H109FN4. The maximum Gasteiger partial charge on any atom is 0.123 e. The van der Waals surface area contributed by atoms with E-state index in [0.717, 1.165) is 42.4 Å². The molecule has 4 nitrogen and oxygen atoms in total. The first-order valence-corrected chi connectivity index (χ1v) is 48.2. The van der Waals surface area contributed by atoms with Crippen LogP contribution in [0.1, 0.15) is 103 Å². The van der Waals surface area contributed by atoms with Crippen molar-refractivity contribution in [2.24, 2.45) is 0 Å². The average Bonchev–Trinajstić information content (AvgIpc) is 1.59. The monoisotopic (exact) mass is 1780 g/mol. The van der Waals surface area contributed by atoms with Gasteiger partial charge in [-0.2, -0.15) is 0 Å². The highest BCUT2D eigenvalue weighted by atomic mass is 19.1. The number of benzene rings is 20. The molecule has 0 amide bonds. The van der Waals surface area contributed by atoms with Crippen LogP contribution in [0.2, 0.25) is 0 Å². The minimum atomic E-state index is -0.225. The van der Waals surface area contributed by atoms with Crippen molar-refractivity contribution >= 4 is 87.2 Å². The Kier molecular flexibility index (Phi) is 24.6. The van der Waals surface area contributed by atoms with E-state index in [1.165, 1.54) is 211 Å². The first-order valence-electron chi connectivity index (χ1n) is 48.2. The number of nitrogens with zero attached hydrogens (tertiary/aromatic N) is 4. The molecule has 5 heteroatoms. The van der Waals surface area contributed by atoms with Crippen molar-refractivity contribution in [1.29, 1.82) is 0 Å². The van der Waals surface area contributed by atoms with Crippen LogP contribution < -0.4 is 0 Å². The van der Waals surface area contributed by atoms with Gasteiger partial charge in [-0.25, -0.2) is 4.39 Å². The lowest BCUT2D eigenvalue weighted by Gasteiger charge is -2.24. The highest BCUT2D eigenvalue weighted by Crippen LogP contribution is 2.43. The summed E-state index contributed by atoms with van der Waals surface area (Å²) in [5.74, 6) is -0.225. The summed E-state index contributed by atoms with van der Waals surface area (Å²) in [5, 5.41) is 10.1. The van der Waals surface area contributed by atoms with E-state index in [4.69, 9.17) is 0 Å². The fourth-order valence-corrected chi connectivity index (χ4v) is 20.1. The van der Waals surface area contributed by atoms with Gasteiger partial charge in [0, 0.05) is 65.8 Å². The predicted molar refractivity (Wildman–Crippen MR) is 584 cm³/mol. The number of rotatable bonds is 16. The molecule has 24 aromatic rings. The molecule has 668 valence electrons. The van der Waals surface area contributed by atoms with Gasteiger partial charge in [-0.15, -0.1) is 0 Å². The van der Waals surface area contributed by atoms with E-state index in [1.807, 2.05) is 18.2 Å². The Labute approximate surface area is 808 Å².